The molecular weight excluding hydrogens is 268 g/mol. The van der Waals surface area contributed by atoms with Crippen molar-refractivity contribution in [2.24, 2.45) is 0 Å². The summed E-state index contributed by atoms with van der Waals surface area (Å²) in [6.07, 6.45) is 0.294. The van der Waals surface area contributed by atoms with Gasteiger partial charge in [-0.15, -0.1) is 0 Å². The summed E-state index contributed by atoms with van der Waals surface area (Å²) in [4.78, 5) is 46.2. The van der Waals surface area contributed by atoms with Gasteiger partial charge in [-0.3, -0.25) is 4.79 Å². The molecular formula is C12H16N2O6. The summed E-state index contributed by atoms with van der Waals surface area (Å²) in [7, 11) is 0. The molecule has 2 saturated heterocycles. The molecule has 2 rings (SSSR count). The van der Waals surface area contributed by atoms with Gasteiger partial charge in [0.2, 0.25) is 5.91 Å². The van der Waals surface area contributed by atoms with Crippen LogP contribution in [0.15, 0.2) is 0 Å². The van der Waals surface area contributed by atoms with Crippen LogP contribution in [0, 0.1) is 0 Å². The number of piperidine rings is 1. The van der Waals surface area contributed by atoms with E-state index in [1.54, 1.807) is 0 Å². The molecule has 20 heavy (non-hydrogen) atoms. The van der Waals surface area contributed by atoms with E-state index in [4.69, 9.17) is 9.84 Å². The molecule has 0 aromatic carbocycles. The Morgan fingerprint density at radius 1 is 1.55 bits per heavy atom. The lowest BCUT2D eigenvalue weighted by atomic mass is 10.0. The second kappa shape index (κ2) is 5.89. The van der Waals surface area contributed by atoms with E-state index in [0.717, 1.165) is 0 Å². The van der Waals surface area contributed by atoms with Crippen molar-refractivity contribution in [2.75, 3.05) is 6.54 Å². The fraction of sp³-hybridized carbons (Fsp3) is 0.667. The zero-order valence-corrected chi connectivity index (χ0v) is 10.8. The van der Waals surface area contributed by atoms with E-state index in [-0.39, 0.29) is 30.8 Å². The van der Waals surface area contributed by atoms with Crippen molar-refractivity contribution in [3.05, 3.63) is 0 Å². The van der Waals surface area contributed by atoms with Gasteiger partial charge in [0.1, 0.15) is 18.4 Å². The van der Waals surface area contributed by atoms with Gasteiger partial charge < -0.3 is 24.9 Å². The van der Waals surface area contributed by atoms with Crippen LogP contribution in [0.4, 0.5) is 4.79 Å². The minimum atomic E-state index is -1.31. The summed E-state index contributed by atoms with van der Waals surface area (Å²) >= 11 is 0. The average molecular weight is 284 g/mol. The van der Waals surface area contributed by atoms with Crippen LogP contribution in [0.5, 0.6) is 0 Å². The molecule has 0 aliphatic carbocycles. The molecule has 0 radical (unpaired) electrons. The summed E-state index contributed by atoms with van der Waals surface area (Å²) in [6, 6.07) is -1.44. The number of carbonyl (C=O) groups excluding carboxylic acids is 3. The molecule has 0 saturated carbocycles. The minimum absolute atomic E-state index is 0.0120. The molecule has 2 aliphatic rings. The maximum atomic E-state index is 12.1. The summed E-state index contributed by atoms with van der Waals surface area (Å²) in [5.74, 6) is -0.636. The maximum absolute atomic E-state index is 12.1. The van der Waals surface area contributed by atoms with Gasteiger partial charge in [0.15, 0.2) is 0 Å². The monoisotopic (exact) mass is 284 g/mol. The van der Waals surface area contributed by atoms with Crippen LogP contribution >= 0.6 is 0 Å². The van der Waals surface area contributed by atoms with Crippen LogP contribution < -0.4 is 5.32 Å². The molecule has 8 heteroatoms. The number of hydrogen-bond donors (Lipinski definition) is 2. The number of nitrogens with zero attached hydrogens (tertiary/aromatic N) is 1. The summed E-state index contributed by atoms with van der Waals surface area (Å²) in [5.41, 5.74) is 0. The Labute approximate surface area is 115 Å². The Balaban J connectivity index is 1.86. The molecule has 2 heterocycles. The third kappa shape index (κ3) is 3.06. The van der Waals surface area contributed by atoms with Gasteiger partial charge in [-0.1, -0.05) is 0 Å². The third-order valence-corrected chi connectivity index (χ3v) is 3.57. The SMILES string of the molecule is O=CC(CCC(=O)N1CC[C@H]2C[C@@H]1C(=O)O2)NC(=O)O. The smallest absolute Gasteiger partial charge is 0.405 e. The Morgan fingerprint density at radius 3 is 2.95 bits per heavy atom. The highest BCUT2D eigenvalue weighted by molar-refractivity contribution is 5.86. The highest BCUT2D eigenvalue weighted by Gasteiger charge is 2.44. The number of amides is 2. The van der Waals surface area contributed by atoms with Crippen LogP contribution in [0.25, 0.3) is 0 Å². The molecule has 0 aromatic heterocycles. The van der Waals surface area contributed by atoms with Crippen LogP contribution in [-0.2, 0) is 19.1 Å². The van der Waals surface area contributed by atoms with E-state index < -0.39 is 18.2 Å². The topological polar surface area (TPSA) is 113 Å². The maximum Gasteiger partial charge on any atom is 0.405 e. The van der Waals surface area contributed by atoms with Crippen molar-refractivity contribution in [2.45, 2.75) is 43.9 Å². The highest BCUT2D eigenvalue weighted by Crippen LogP contribution is 2.28. The van der Waals surface area contributed by atoms with Crippen molar-refractivity contribution in [3.63, 3.8) is 0 Å². The molecule has 3 atom stereocenters. The van der Waals surface area contributed by atoms with Crippen LogP contribution in [0.3, 0.4) is 0 Å². The number of carboxylic acid groups (broad SMARTS) is 1. The lowest BCUT2D eigenvalue weighted by Gasteiger charge is -2.29. The number of hydrogen-bond acceptors (Lipinski definition) is 5. The van der Waals surface area contributed by atoms with Gasteiger partial charge in [0.25, 0.3) is 0 Å². The number of esters is 1. The zero-order valence-electron chi connectivity index (χ0n) is 10.8. The van der Waals surface area contributed by atoms with Gasteiger partial charge in [0, 0.05) is 25.8 Å². The normalized spacial score (nSPS) is 25.8. The number of ether oxygens (including phenoxy) is 1. The summed E-state index contributed by atoms with van der Waals surface area (Å²) in [5, 5.41) is 10.5. The highest BCUT2D eigenvalue weighted by atomic mass is 16.6. The van der Waals surface area contributed by atoms with E-state index >= 15 is 0 Å². The molecule has 8 nitrogen and oxygen atoms in total. The molecule has 2 fully saturated rings. The fourth-order valence-electron chi connectivity index (χ4n) is 2.56. The lowest BCUT2D eigenvalue weighted by molar-refractivity contribution is -0.147. The van der Waals surface area contributed by atoms with Gasteiger partial charge in [0.05, 0.1) is 6.04 Å². The summed E-state index contributed by atoms with van der Waals surface area (Å²) in [6.45, 7) is 0.456. The minimum Gasteiger partial charge on any atom is -0.465 e. The first kappa shape index (κ1) is 14.3. The van der Waals surface area contributed by atoms with Crippen LogP contribution in [0.2, 0.25) is 0 Å². The number of nitrogens with one attached hydrogen (secondary N) is 1. The molecule has 2 amide bonds. The fourth-order valence-corrected chi connectivity index (χ4v) is 2.56. The first-order chi connectivity index (χ1) is 9.51. The Kier molecular flexibility index (Phi) is 4.21. The average Bonchev–Trinajstić information content (AvgIpc) is 2.69. The first-order valence-corrected chi connectivity index (χ1v) is 6.46. The zero-order chi connectivity index (χ0) is 14.7. The number of aldehydes is 1. The van der Waals surface area contributed by atoms with E-state index in [0.29, 0.717) is 25.7 Å². The van der Waals surface area contributed by atoms with Crippen LogP contribution in [-0.4, -0.2) is 59.0 Å². The standard InChI is InChI=1S/C12H16N2O6/c15-6-7(13-12(18)19)1-2-10(16)14-4-3-8-5-9(14)11(17)20-8/h6-9,13H,1-5H2,(H,18,19)/t7?,8-,9+/m0/s1. The molecule has 2 N–H and O–H groups in total. The van der Waals surface area contributed by atoms with Crippen molar-refractivity contribution < 1.29 is 29.0 Å². The van der Waals surface area contributed by atoms with Gasteiger partial charge in [-0.25, -0.2) is 9.59 Å². The van der Waals surface area contributed by atoms with Crippen LogP contribution in [0.1, 0.15) is 25.7 Å². The van der Waals surface area contributed by atoms with Crippen molar-refractivity contribution in [3.8, 4) is 0 Å². The number of rotatable bonds is 5. The van der Waals surface area contributed by atoms with E-state index in [1.807, 2.05) is 5.32 Å². The van der Waals surface area contributed by atoms with Crippen molar-refractivity contribution >= 4 is 24.3 Å². The van der Waals surface area contributed by atoms with Gasteiger partial charge in [-0.2, -0.15) is 0 Å². The second-order valence-electron chi connectivity index (χ2n) is 4.92. The largest absolute Gasteiger partial charge is 0.465 e. The molecule has 2 aliphatic heterocycles. The molecule has 0 aromatic rings. The lowest BCUT2D eigenvalue weighted by Crippen LogP contribution is -2.46. The molecule has 2 bridgehead atoms. The number of fused-ring (bicyclic) bond motifs is 2. The van der Waals surface area contributed by atoms with E-state index in [2.05, 4.69) is 0 Å². The predicted octanol–water partition coefficient (Wildman–Crippen LogP) is -0.482. The third-order valence-electron chi connectivity index (χ3n) is 3.57. The van der Waals surface area contributed by atoms with Gasteiger partial charge >= 0.3 is 12.1 Å². The second-order valence-corrected chi connectivity index (χ2v) is 4.92. The molecule has 1 unspecified atom stereocenters. The Hall–Kier alpha value is -2.12. The molecule has 110 valence electrons. The van der Waals surface area contributed by atoms with Crippen molar-refractivity contribution in [1.29, 1.82) is 0 Å². The van der Waals surface area contributed by atoms with Crippen molar-refractivity contribution in [1.82, 2.24) is 10.2 Å². The van der Waals surface area contributed by atoms with E-state index in [9.17, 15) is 19.2 Å². The quantitative estimate of drug-likeness (QED) is 0.520. The number of carbonyl (C=O) groups is 4. The Morgan fingerprint density at radius 2 is 2.30 bits per heavy atom. The van der Waals surface area contributed by atoms with Gasteiger partial charge in [-0.05, 0) is 6.42 Å². The Bertz CT molecular complexity index is 438. The molecule has 0 spiro atoms. The first-order valence-electron chi connectivity index (χ1n) is 6.46. The van der Waals surface area contributed by atoms with E-state index in [1.165, 1.54) is 4.90 Å². The number of likely N-dealkylation sites (tertiary alicyclic amines) is 1. The predicted molar refractivity (Wildman–Crippen MR) is 64.9 cm³/mol. The summed E-state index contributed by atoms with van der Waals surface area (Å²) < 4.78 is 5.09.